The SMILES string of the molecule is CC(C)Oc1cc(N)cc(SC(C)C(C)C)c1. The van der Waals surface area contributed by atoms with E-state index in [0.717, 1.165) is 11.4 Å². The fourth-order valence-electron chi connectivity index (χ4n) is 1.35. The molecule has 0 aliphatic rings. The molecule has 1 rings (SSSR count). The van der Waals surface area contributed by atoms with Gasteiger partial charge in [-0.1, -0.05) is 20.8 Å². The van der Waals surface area contributed by atoms with E-state index in [1.54, 1.807) is 0 Å². The summed E-state index contributed by atoms with van der Waals surface area (Å²) in [4.78, 5) is 1.18. The number of nitrogens with two attached hydrogens (primary N) is 1. The third kappa shape index (κ3) is 4.90. The first-order valence-electron chi connectivity index (χ1n) is 6.12. The summed E-state index contributed by atoms with van der Waals surface area (Å²) in [5, 5.41) is 0.573. The smallest absolute Gasteiger partial charge is 0.122 e. The van der Waals surface area contributed by atoms with Gasteiger partial charge in [-0.3, -0.25) is 0 Å². The molecule has 3 heteroatoms. The second-order valence-corrected chi connectivity index (χ2v) is 6.42. The number of rotatable bonds is 5. The molecule has 0 aliphatic heterocycles. The first-order valence-corrected chi connectivity index (χ1v) is 7.00. The van der Waals surface area contributed by atoms with Gasteiger partial charge in [0.2, 0.25) is 0 Å². The summed E-state index contributed by atoms with van der Waals surface area (Å²) < 4.78 is 5.68. The zero-order valence-corrected chi connectivity index (χ0v) is 12.2. The van der Waals surface area contributed by atoms with E-state index in [1.165, 1.54) is 4.90 Å². The summed E-state index contributed by atoms with van der Waals surface area (Å²) in [5.41, 5.74) is 6.66. The maximum absolute atomic E-state index is 5.89. The predicted octanol–water partition coefficient (Wildman–Crippen LogP) is 4.19. The lowest BCUT2D eigenvalue weighted by atomic mass is 10.2. The van der Waals surface area contributed by atoms with Crippen molar-refractivity contribution >= 4 is 17.4 Å². The van der Waals surface area contributed by atoms with Crippen LogP contribution in [0.3, 0.4) is 0 Å². The molecule has 1 atom stereocenters. The first kappa shape index (κ1) is 14.2. The Kier molecular flexibility index (Phi) is 5.19. The molecule has 1 aromatic carbocycles. The highest BCUT2D eigenvalue weighted by Gasteiger charge is 2.10. The van der Waals surface area contributed by atoms with Gasteiger partial charge in [-0.15, -0.1) is 11.8 Å². The lowest BCUT2D eigenvalue weighted by Crippen LogP contribution is -2.07. The van der Waals surface area contributed by atoms with Crippen LogP contribution in [0, 0.1) is 5.92 Å². The lowest BCUT2D eigenvalue weighted by molar-refractivity contribution is 0.242. The third-order valence-electron chi connectivity index (χ3n) is 2.53. The molecule has 1 aromatic rings. The van der Waals surface area contributed by atoms with Crippen LogP contribution < -0.4 is 10.5 Å². The fourth-order valence-corrected chi connectivity index (χ4v) is 2.44. The summed E-state index contributed by atoms with van der Waals surface area (Å²) in [6, 6.07) is 5.96. The number of hydrogen-bond donors (Lipinski definition) is 1. The zero-order valence-electron chi connectivity index (χ0n) is 11.4. The van der Waals surface area contributed by atoms with Gasteiger partial charge in [0.25, 0.3) is 0 Å². The number of nitrogen functional groups attached to an aromatic ring is 1. The standard InChI is InChI=1S/C14H23NOS/c1-9(2)11(5)17-14-7-12(15)6-13(8-14)16-10(3)4/h6-11H,15H2,1-5H3. The van der Waals surface area contributed by atoms with Crippen LogP contribution in [0.1, 0.15) is 34.6 Å². The van der Waals surface area contributed by atoms with Gasteiger partial charge in [0, 0.05) is 21.9 Å². The molecule has 0 amide bonds. The average molecular weight is 253 g/mol. The molecule has 0 spiro atoms. The zero-order chi connectivity index (χ0) is 13.0. The Labute approximate surface area is 109 Å². The normalized spacial score (nSPS) is 13.1. The molecule has 0 aliphatic carbocycles. The Morgan fingerprint density at radius 3 is 2.24 bits per heavy atom. The van der Waals surface area contributed by atoms with Gasteiger partial charge in [-0.05, 0) is 31.9 Å². The summed E-state index contributed by atoms with van der Waals surface area (Å²) in [6.07, 6.45) is 0.178. The number of ether oxygens (including phenoxy) is 1. The Balaban J connectivity index is 2.82. The number of hydrogen-bond acceptors (Lipinski definition) is 3. The minimum atomic E-state index is 0.178. The summed E-state index contributed by atoms with van der Waals surface area (Å²) >= 11 is 1.85. The maximum atomic E-state index is 5.89. The van der Waals surface area contributed by atoms with Gasteiger partial charge in [-0.25, -0.2) is 0 Å². The monoisotopic (exact) mass is 253 g/mol. The van der Waals surface area contributed by atoms with Crippen molar-refractivity contribution in [2.24, 2.45) is 5.92 Å². The Hall–Kier alpha value is -0.830. The van der Waals surface area contributed by atoms with Crippen LogP contribution in [-0.4, -0.2) is 11.4 Å². The lowest BCUT2D eigenvalue weighted by Gasteiger charge is -2.17. The van der Waals surface area contributed by atoms with Crippen LogP contribution in [0.15, 0.2) is 23.1 Å². The van der Waals surface area contributed by atoms with Crippen LogP contribution in [0.4, 0.5) is 5.69 Å². The highest BCUT2D eigenvalue weighted by molar-refractivity contribution is 8.00. The van der Waals surface area contributed by atoms with Gasteiger partial charge in [-0.2, -0.15) is 0 Å². The van der Waals surface area contributed by atoms with Crippen molar-refractivity contribution in [2.75, 3.05) is 5.73 Å². The minimum Gasteiger partial charge on any atom is -0.491 e. The van der Waals surface area contributed by atoms with Crippen molar-refractivity contribution in [1.29, 1.82) is 0 Å². The fraction of sp³-hybridized carbons (Fsp3) is 0.571. The maximum Gasteiger partial charge on any atom is 0.122 e. The van der Waals surface area contributed by atoms with Crippen LogP contribution in [0.25, 0.3) is 0 Å². The number of thioether (sulfide) groups is 1. The van der Waals surface area contributed by atoms with Crippen molar-refractivity contribution in [2.45, 2.75) is 50.9 Å². The van der Waals surface area contributed by atoms with Crippen LogP contribution >= 0.6 is 11.8 Å². The molecule has 96 valence electrons. The van der Waals surface area contributed by atoms with Crippen molar-refractivity contribution < 1.29 is 4.74 Å². The van der Waals surface area contributed by atoms with E-state index in [1.807, 2.05) is 37.7 Å². The number of anilines is 1. The molecule has 0 bridgehead atoms. The molecule has 0 fully saturated rings. The van der Waals surface area contributed by atoms with E-state index in [-0.39, 0.29) is 6.10 Å². The first-order chi connectivity index (χ1) is 7.88. The Morgan fingerprint density at radius 1 is 1.06 bits per heavy atom. The average Bonchev–Trinajstić information content (AvgIpc) is 2.14. The predicted molar refractivity (Wildman–Crippen MR) is 76.8 cm³/mol. The van der Waals surface area contributed by atoms with Crippen molar-refractivity contribution in [3.63, 3.8) is 0 Å². The van der Waals surface area contributed by atoms with E-state index < -0.39 is 0 Å². The highest BCUT2D eigenvalue weighted by atomic mass is 32.2. The molecule has 17 heavy (non-hydrogen) atoms. The van der Waals surface area contributed by atoms with Crippen LogP contribution in [-0.2, 0) is 0 Å². The second-order valence-electron chi connectivity index (χ2n) is 4.97. The molecule has 2 nitrogen and oxygen atoms in total. The van der Waals surface area contributed by atoms with E-state index in [0.29, 0.717) is 11.2 Å². The Bertz CT molecular complexity index is 363. The van der Waals surface area contributed by atoms with Gasteiger partial charge in [0.1, 0.15) is 5.75 Å². The Morgan fingerprint density at radius 2 is 1.71 bits per heavy atom. The largest absolute Gasteiger partial charge is 0.491 e. The van der Waals surface area contributed by atoms with Crippen LogP contribution in [0.5, 0.6) is 5.75 Å². The highest BCUT2D eigenvalue weighted by Crippen LogP contribution is 2.32. The minimum absolute atomic E-state index is 0.178. The van der Waals surface area contributed by atoms with Gasteiger partial charge >= 0.3 is 0 Å². The quantitative estimate of drug-likeness (QED) is 0.631. The van der Waals surface area contributed by atoms with Crippen LogP contribution in [0.2, 0.25) is 0 Å². The second kappa shape index (κ2) is 6.20. The molecule has 0 radical (unpaired) electrons. The van der Waals surface area contributed by atoms with Gasteiger partial charge < -0.3 is 10.5 Å². The van der Waals surface area contributed by atoms with E-state index in [9.17, 15) is 0 Å². The van der Waals surface area contributed by atoms with E-state index in [2.05, 4.69) is 26.8 Å². The van der Waals surface area contributed by atoms with Crippen molar-refractivity contribution in [3.05, 3.63) is 18.2 Å². The third-order valence-corrected chi connectivity index (χ3v) is 3.96. The number of benzene rings is 1. The van der Waals surface area contributed by atoms with E-state index >= 15 is 0 Å². The summed E-state index contributed by atoms with van der Waals surface area (Å²) in [6.45, 7) is 10.7. The molecular weight excluding hydrogens is 230 g/mol. The van der Waals surface area contributed by atoms with Gasteiger partial charge in [0.05, 0.1) is 6.10 Å². The molecular formula is C14H23NOS. The topological polar surface area (TPSA) is 35.2 Å². The summed E-state index contributed by atoms with van der Waals surface area (Å²) in [5.74, 6) is 1.51. The molecule has 0 saturated carbocycles. The molecule has 0 heterocycles. The van der Waals surface area contributed by atoms with Crippen molar-refractivity contribution in [3.8, 4) is 5.75 Å². The van der Waals surface area contributed by atoms with E-state index in [4.69, 9.17) is 10.5 Å². The molecule has 0 aromatic heterocycles. The molecule has 0 saturated heterocycles. The molecule has 2 N–H and O–H groups in total. The summed E-state index contributed by atoms with van der Waals surface area (Å²) in [7, 11) is 0. The van der Waals surface area contributed by atoms with Gasteiger partial charge in [0.15, 0.2) is 0 Å². The van der Waals surface area contributed by atoms with Crippen molar-refractivity contribution in [1.82, 2.24) is 0 Å². The molecule has 1 unspecified atom stereocenters.